The van der Waals surface area contributed by atoms with Crippen LogP contribution in [0.5, 0.6) is 0 Å². The first-order chi connectivity index (χ1) is 40.9. The molecule has 0 aliphatic carbocycles. The lowest BCUT2D eigenvalue weighted by Gasteiger charge is -2.36. The van der Waals surface area contributed by atoms with Crippen LogP contribution >= 0.6 is 0 Å². The van der Waals surface area contributed by atoms with Crippen LogP contribution in [0, 0.1) is 11.8 Å². The van der Waals surface area contributed by atoms with E-state index in [2.05, 4.69) is 42.5 Å². The molecule has 2 aliphatic rings. The molecule has 494 valence electrons. The van der Waals surface area contributed by atoms with Crippen LogP contribution in [0.3, 0.4) is 0 Å². The lowest BCUT2D eigenvalue weighted by Crippen LogP contribution is -2.62. The van der Waals surface area contributed by atoms with Crippen molar-refractivity contribution in [2.75, 3.05) is 27.2 Å². The zero-order valence-electron chi connectivity index (χ0n) is 52.3. The third-order valence-corrected chi connectivity index (χ3v) is 15.7. The van der Waals surface area contributed by atoms with Crippen molar-refractivity contribution < 1.29 is 82.7 Å². The summed E-state index contributed by atoms with van der Waals surface area (Å²) >= 11 is 0. The van der Waals surface area contributed by atoms with Gasteiger partial charge in [-0.1, -0.05) is 91.6 Å². The Morgan fingerprint density at radius 3 is 1.77 bits per heavy atom. The summed E-state index contributed by atoms with van der Waals surface area (Å²) in [6.45, 7) is 10.9. The SMILES string of the molecule is C/C=C1/NC(=O)[C@H](C(C)C)NC(=O)[C@H](O)[C@@H]([C@@H](C)CCCCCCCCCC[C@H](O)CCC)NC(=O)[C@@H]2CCCN2C(=O)[C@H](CC(N)=O)N(C)C(=O)[C@H]([C@@H](C)OC)NC(=O)CNC(=O)[C@H](CCC(N)=O)NC(=O)[C@H]([C@@H](C)O)NC(=O)[C@H]([C@@H](C)O)NC1=O. The number of primary amides is 2. The average molecular weight is 1240 g/mol. The molecule has 0 aromatic heterocycles. The minimum absolute atomic E-state index is 0.0446. The average Bonchev–Trinajstić information content (AvgIpc) is 2.91. The van der Waals surface area contributed by atoms with Crippen molar-refractivity contribution in [3.05, 3.63) is 11.8 Å². The van der Waals surface area contributed by atoms with Gasteiger partial charge in [0.2, 0.25) is 59.1 Å². The van der Waals surface area contributed by atoms with Gasteiger partial charge in [0.15, 0.2) is 6.10 Å². The van der Waals surface area contributed by atoms with E-state index in [0.29, 0.717) is 12.8 Å². The molecule has 2 aliphatic heterocycles. The highest BCUT2D eigenvalue weighted by atomic mass is 16.5. The second-order valence-electron chi connectivity index (χ2n) is 23.2. The molecule has 2 heterocycles. The van der Waals surface area contributed by atoms with E-state index < -0.39 is 187 Å². The summed E-state index contributed by atoms with van der Waals surface area (Å²) in [6.07, 6.45) is 2.99. The van der Waals surface area contributed by atoms with Crippen molar-refractivity contribution in [2.24, 2.45) is 23.3 Å². The van der Waals surface area contributed by atoms with Crippen molar-refractivity contribution in [2.45, 2.75) is 243 Å². The first-order valence-electron chi connectivity index (χ1n) is 30.4. The van der Waals surface area contributed by atoms with E-state index in [9.17, 15) is 78.0 Å². The minimum atomic E-state index is -2.03. The number of aliphatic hydroxyl groups excluding tert-OH is 4. The van der Waals surface area contributed by atoms with E-state index >= 15 is 0 Å². The smallest absolute Gasteiger partial charge is 0.268 e. The molecule has 0 radical (unpaired) electrons. The fourth-order valence-electron chi connectivity index (χ4n) is 10.3. The molecule has 0 unspecified atom stereocenters. The largest absolute Gasteiger partial charge is 0.393 e. The van der Waals surface area contributed by atoms with Gasteiger partial charge < -0.3 is 89.0 Å². The number of hydrogen-bond donors (Lipinski definition) is 14. The predicted molar refractivity (Wildman–Crippen MR) is 317 cm³/mol. The molecule has 0 bridgehead atoms. The summed E-state index contributed by atoms with van der Waals surface area (Å²) in [5.41, 5.74) is 10.5. The first kappa shape index (κ1) is 76.3. The van der Waals surface area contributed by atoms with Gasteiger partial charge in [-0.15, -0.1) is 0 Å². The Balaban J connectivity index is 2.73. The van der Waals surface area contributed by atoms with Gasteiger partial charge in [-0.2, -0.15) is 0 Å². The van der Waals surface area contributed by atoms with Gasteiger partial charge in [-0.25, -0.2) is 0 Å². The van der Waals surface area contributed by atoms with Crippen molar-refractivity contribution in [3.8, 4) is 0 Å². The highest BCUT2D eigenvalue weighted by Gasteiger charge is 2.44. The number of methoxy groups -OCH3 is 1. The number of allylic oxidation sites excluding steroid dienone is 1. The maximum Gasteiger partial charge on any atom is 0.268 e. The van der Waals surface area contributed by atoms with Crippen molar-refractivity contribution in [3.63, 3.8) is 0 Å². The quantitative estimate of drug-likeness (QED) is 0.0351. The molecule has 87 heavy (non-hydrogen) atoms. The summed E-state index contributed by atoms with van der Waals surface area (Å²) in [5, 5.41) is 62.7. The molecule has 0 aromatic carbocycles. The molecule has 29 heteroatoms. The number of nitrogens with one attached hydrogen (secondary N) is 8. The van der Waals surface area contributed by atoms with Gasteiger partial charge in [0.1, 0.15) is 48.0 Å². The summed E-state index contributed by atoms with van der Waals surface area (Å²) in [5.74, 6) is -13.7. The number of amides is 12. The highest BCUT2D eigenvalue weighted by molar-refractivity contribution is 6.03. The topological polar surface area (TPSA) is 450 Å². The van der Waals surface area contributed by atoms with Crippen LogP contribution in [0.25, 0.3) is 0 Å². The number of carbonyl (C=O) groups excluding carboxylic acids is 12. The number of unbranched alkanes of at least 4 members (excludes halogenated alkanes) is 7. The van der Waals surface area contributed by atoms with Crippen LogP contribution in [-0.4, -0.2) is 207 Å². The molecular weight excluding hydrogens is 1140 g/mol. The third kappa shape index (κ3) is 25.1. The zero-order valence-corrected chi connectivity index (χ0v) is 52.3. The molecule has 2 rings (SSSR count). The third-order valence-electron chi connectivity index (χ3n) is 15.7. The number of rotatable bonds is 24. The van der Waals surface area contributed by atoms with Gasteiger partial charge in [0, 0.05) is 27.1 Å². The molecule has 0 aromatic rings. The van der Waals surface area contributed by atoms with E-state index in [1.54, 1.807) is 20.8 Å². The van der Waals surface area contributed by atoms with Crippen molar-refractivity contribution >= 4 is 70.9 Å². The van der Waals surface area contributed by atoms with Crippen LogP contribution in [0.4, 0.5) is 0 Å². The second kappa shape index (κ2) is 38.5. The van der Waals surface area contributed by atoms with Gasteiger partial charge in [0.05, 0.1) is 43.4 Å². The highest BCUT2D eigenvalue weighted by Crippen LogP contribution is 2.25. The van der Waals surface area contributed by atoms with Crippen LogP contribution < -0.4 is 54.0 Å². The van der Waals surface area contributed by atoms with Crippen LogP contribution in [0.1, 0.15) is 165 Å². The first-order valence-corrected chi connectivity index (χ1v) is 30.4. The van der Waals surface area contributed by atoms with Crippen LogP contribution in [0.15, 0.2) is 11.8 Å². The van der Waals surface area contributed by atoms with E-state index in [-0.39, 0.29) is 25.5 Å². The maximum absolute atomic E-state index is 14.7. The Morgan fingerprint density at radius 2 is 1.23 bits per heavy atom. The zero-order chi connectivity index (χ0) is 65.8. The van der Waals surface area contributed by atoms with Gasteiger partial charge in [0.25, 0.3) is 11.8 Å². The van der Waals surface area contributed by atoms with E-state index in [0.717, 1.165) is 93.9 Å². The number of likely N-dealkylation sites (N-methyl/N-ethyl adjacent to an activating group) is 1. The standard InChI is InChI=1S/C58H100N12O17/c1-11-22-36(73)24-20-18-16-14-13-15-17-19-23-32(5)45-49(77)56(84)65-44(31(3)4)53(81)62-37(12-2)51(79)67-47(34(7)72)55(83)68-46(33(6)71)54(82)63-38(26-27-41(59)74)50(78)61-30-43(76)64-48(35(8)87-10)58(86)69(9)40(29-42(60)75)57(85)70-28-21-25-39(70)52(80)66-45/h12,31-36,38-40,44-49,71-73,77H,11,13-30H2,1-10H3,(H2,59,74)(H2,60,75)(H,61,78)(H,62,81)(H,63,82)(H,64,76)(H,65,84)(H,66,80)(H,67,79)(H,68,83)/b37-12+/t32-,33+,34+,35+,36+,38-,39-,40-,44-,45+,46-,47-,48-,49+/m0/s1. The van der Waals surface area contributed by atoms with Gasteiger partial charge >= 0.3 is 0 Å². The molecule has 14 atom stereocenters. The summed E-state index contributed by atoms with van der Waals surface area (Å²) in [4.78, 5) is 167. The summed E-state index contributed by atoms with van der Waals surface area (Å²) in [7, 11) is 2.38. The number of ether oxygens (including phenoxy) is 1. The molecule has 2 fully saturated rings. The maximum atomic E-state index is 14.7. The van der Waals surface area contributed by atoms with Gasteiger partial charge in [-0.05, 0) is 78.1 Å². The molecule has 0 spiro atoms. The Hall–Kier alpha value is -6.82. The number of aliphatic hydroxyl groups is 4. The molecule has 12 amide bonds. The Morgan fingerprint density at radius 1 is 0.667 bits per heavy atom. The number of carbonyl (C=O) groups is 12. The Bertz CT molecular complexity index is 2370. The molecule has 2 saturated heterocycles. The second-order valence-corrected chi connectivity index (χ2v) is 23.2. The van der Waals surface area contributed by atoms with E-state index in [4.69, 9.17) is 16.2 Å². The monoisotopic (exact) mass is 1240 g/mol. The Labute approximate surface area is 510 Å². The summed E-state index contributed by atoms with van der Waals surface area (Å²) in [6, 6.07) is -12.8. The minimum Gasteiger partial charge on any atom is -0.393 e. The molecule has 29 nitrogen and oxygen atoms in total. The lowest BCUT2D eigenvalue weighted by molar-refractivity contribution is -0.151. The molecule has 16 N–H and O–H groups in total. The predicted octanol–water partition coefficient (Wildman–Crippen LogP) is -2.48. The van der Waals surface area contributed by atoms with Gasteiger partial charge in [-0.3, -0.25) is 57.5 Å². The fourth-order valence-corrected chi connectivity index (χ4v) is 10.3. The van der Waals surface area contributed by atoms with Crippen LogP contribution in [0.2, 0.25) is 0 Å². The summed E-state index contributed by atoms with van der Waals surface area (Å²) < 4.78 is 5.41. The normalized spacial score (nSPS) is 26.6. The fraction of sp³-hybridized carbons (Fsp3) is 0.759. The Kier molecular flexibility index (Phi) is 33.7. The van der Waals surface area contributed by atoms with Crippen LogP contribution in [-0.2, 0) is 62.3 Å². The number of fused-ring (bicyclic) bond motifs is 1. The molecular formula is C58H100N12O17. The van der Waals surface area contributed by atoms with E-state index in [1.807, 2.05) is 6.92 Å². The lowest BCUT2D eigenvalue weighted by atomic mass is 9.90. The van der Waals surface area contributed by atoms with E-state index in [1.165, 1.54) is 28.0 Å². The molecule has 0 saturated carbocycles. The van der Waals surface area contributed by atoms with Crippen molar-refractivity contribution in [1.29, 1.82) is 0 Å². The number of hydrogen-bond acceptors (Lipinski definition) is 17. The number of nitrogens with two attached hydrogens (primary N) is 2. The number of nitrogens with zero attached hydrogens (tertiary/aromatic N) is 2. The van der Waals surface area contributed by atoms with Crippen molar-refractivity contribution in [1.82, 2.24) is 52.3 Å².